The summed E-state index contributed by atoms with van der Waals surface area (Å²) in [5.74, 6) is 0.917. The van der Waals surface area contributed by atoms with Crippen LogP contribution in [0.2, 0.25) is 0 Å². The van der Waals surface area contributed by atoms with Crippen LogP contribution in [0.15, 0.2) is 30.3 Å². The van der Waals surface area contributed by atoms with Crippen LogP contribution in [0, 0.1) is 5.92 Å². The Kier molecular flexibility index (Phi) is 5.37. The second-order valence-corrected chi connectivity index (χ2v) is 8.05. The quantitative estimate of drug-likeness (QED) is 0.913. The molecule has 0 unspecified atom stereocenters. The van der Waals surface area contributed by atoms with Gasteiger partial charge in [0.15, 0.2) is 0 Å². The fourth-order valence-corrected chi connectivity index (χ4v) is 4.60. The fraction of sp³-hybridized carbons (Fsp3) is 0.667. The van der Waals surface area contributed by atoms with Gasteiger partial charge in [0, 0.05) is 32.2 Å². The molecular formula is C21H31N3O. The first-order valence-corrected chi connectivity index (χ1v) is 10.1. The second-order valence-electron chi connectivity index (χ2n) is 8.05. The summed E-state index contributed by atoms with van der Waals surface area (Å²) in [4.78, 5) is 17.7. The van der Waals surface area contributed by atoms with Crippen molar-refractivity contribution in [2.45, 2.75) is 50.6 Å². The predicted octanol–water partition coefficient (Wildman–Crippen LogP) is 2.29. The highest BCUT2D eigenvalue weighted by Crippen LogP contribution is 2.26. The van der Waals surface area contributed by atoms with Crippen LogP contribution in [0.1, 0.15) is 37.7 Å². The third kappa shape index (κ3) is 4.06. The summed E-state index contributed by atoms with van der Waals surface area (Å²) in [6.45, 7) is 5.05. The molecule has 1 aromatic carbocycles. The van der Waals surface area contributed by atoms with Gasteiger partial charge in [0.05, 0.1) is 6.04 Å². The van der Waals surface area contributed by atoms with Gasteiger partial charge in [0.1, 0.15) is 0 Å². The predicted molar refractivity (Wildman–Crippen MR) is 100 cm³/mol. The van der Waals surface area contributed by atoms with E-state index in [4.69, 9.17) is 0 Å². The Morgan fingerprint density at radius 3 is 2.64 bits per heavy atom. The van der Waals surface area contributed by atoms with Crippen LogP contribution in [0.4, 0.5) is 0 Å². The lowest BCUT2D eigenvalue weighted by Crippen LogP contribution is -2.46. The summed E-state index contributed by atoms with van der Waals surface area (Å²) < 4.78 is 0. The third-order valence-corrected chi connectivity index (χ3v) is 6.32. The highest BCUT2D eigenvalue weighted by Gasteiger charge is 2.34. The molecule has 4 heteroatoms. The zero-order valence-electron chi connectivity index (χ0n) is 15.2. The molecule has 1 aliphatic carbocycles. The van der Waals surface area contributed by atoms with Crippen molar-refractivity contribution < 1.29 is 4.79 Å². The van der Waals surface area contributed by atoms with Gasteiger partial charge in [-0.1, -0.05) is 36.8 Å². The smallest absolute Gasteiger partial charge is 0.239 e. The molecule has 0 bridgehead atoms. The zero-order valence-corrected chi connectivity index (χ0v) is 15.2. The van der Waals surface area contributed by atoms with E-state index in [1.54, 1.807) is 0 Å². The molecule has 1 N–H and O–H groups in total. The molecule has 0 radical (unpaired) electrons. The maximum absolute atomic E-state index is 13.0. The summed E-state index contributed by atoms with van der Waals surface area (Å²) in [5.41, 5.74) is 1.38. The van der Waals surface area contributed by atoms with E-state index in [1.807, 2.05) is 0 Å². The van der Waals surface area contributed by atoms with E-state index >= 15 is 0 Å². The van der Waals surface area contributed by atoms with Gasteiger partial charge in [-0.15, -0.1) is 0 Å². The Morgan fingerprint density at radius 1 is 1.04 bits per heavy atom. The van der Waals surface area contributed by atoms with Crippen LogP contribution in [-0.2, 0) is 11.2 Å². The van der Waals surface area contributed by atoms with Gasteiger partial charge >= 0.3 is 0 Å². The van der Waals surface area contributed by atoms with Crippen LogP contribution in [0.25, 0.3) is 0 Å². The Hall–Kier alpha value is -1.39. The van der Waals surface area contributed by atoms with Crippen LogP contribution < -0.4 is 5.32 Å². The van der Waals surface area contributed by atoms with Crippen molar-refractivity contribution >= 4 is 5.91 Å². The van der Waals surface area contributed by atoms with E-state index < -0.39 is 0 Å². The molecule has 4 nitrogen and oxygen atoms in total. The molecule has 1 aromatic rings. The topological polar surface area (TPSA) is 35.6 Å². The molecule has 0 spiro atoms. The van der Waals surface area contributed by atoms with Gasteiger partial charge in [0.2, 0.25) is 5.91 Å². The molecule has 2 saturated heterocycles. The number of carbonyl (C=O) groups excluding carboxylic acids is 1. The van der Waals surface area contributed by atoms with Crippen molar-refractivity contribution in [3.05, 3.63) is 35.9 Å². The first-order chi connectivity index (χ1) is 12.3. The number of nitrogens with one attached hydrogen (secondary N) is 1. The number of nitrogens with zero attached hydrogens (tertiary/aromatic N) is 2. The van der Waals surface area contributed by atoms with Gasteiger partial charge < -0.3 is 10.2 Å². The number of hydrogen-bond donors (Lipinski definition) is 1. The van der Waals surface area contributed by atoms with Crippen molar-refractivity contribution in [3.63, 3.8) is 0 Å². The van der Waals surface area contributed by atoms with Gasteiger partial charge in [-0.05, 0) is 50.1 Å². The van der Waals surface area contributed by atoms with Gasteiger partial charge in [-0.25, -0.2) is 0 Å². The van der Waals surface area contributed by atoms with E-state index in [9.17, 15) is 4.79 Å². The Balaban J connectivity index is 1.28. The van der Waals surface area contributed by atoms with Crippen molar-refractivity contribution in [1.29, 1.82) is 0 Å². The number of carbonyl (C=O) groups is 1. The Labute approximate surface area is 151 Å². The second kappa shape index (κ2) is 7.88. The molecule has 1 saturated carbocycles. The lowest BCUT2D eigenvalue weighted by atomic mass is 9.91. The zero-order chi connectivity index (χ0) is 17.1. The minimum Gasteiger partial charge on any atom is -0.340 e. The summed E-state index contributed by atoms with van der Waals surface area (Å²) in [6, 6.07) is 11.5. The fourth-order valence-electron chi connectivity index (χ4n) is 4.60. The SMILES string of the molecule is O=C([C@@H]1C[C@@H](Cc2ccccc2)CN1)N1CCCN(C2CCC2)CC1. The molecule has 1 amide bonds. The maximum Gasteiger partial charge on any atom is 0.239 e. The van der Waals surface area contributed by atoms with Crippen LogP contribution >= 0.6 is 0 Å². The molecule has 3 aliphatic rings. The van der Waals surface area contributed by atoms with Crippen LogP contribution in [0.5, 0.6) is 0 Å². The first-order valence-electron chi connectivity index (χ1n) is 10.1. The van der Waals surface area contributed by atoms with Gasteiger partial charge in [0.25, 0.3) is 0 Å². The van der Waals surface area contributed by atoms with Crippen molar-refractivity contribution in [2.24, 2.45) is 5.92 Å². The highest BCUT2D eigenvalue weighted by atomic mass is 16.2. The third-order valence-electron chi connectivity index (χ3n) is 6.32. The minimum atomic E-state index is 0.0314. The molecular weight excluding hydrogens is 310 g/mol. The molecule has 4 rings (SSSR count). The number of amides is 1. The van der Waals surface area contributed by atoms with E-state index in [1.165, 1.54) is 31.4 Å². The minimum absolute atomic E-state index is 0.0314. The number of rotatable bonds is 4. The van der Waals surface area contributed by atoms with Crippen LogP contribution in [-0.4, -0.2) is 60.5 Å². The van der Waals surface area contributed by atoms with Crippen LogP contribution in [0.3, 0.4) is 0 Å². The summed E-state index contributed by atoms with van der Waals surface area (Å²) in [5, 5.41) is 3.50. The van der Waals surface area contributed by atoms with Crippen molar-refractivity contribution in [3.8, 4) is 0 Å². The van der Waals surface area contributed by atoms with Crippen molar-refractivity contribution in [2.75, 3.05) is 32.7 Å². The molecule has 2 aliphatic heterocycles. The average Bonchev–Trinajstić information content (AvgIpc) is 2.91. The molecule has 3 fully saturated rings. The Bertz CT molecular complexity index is 572. The largest absolute Gasteiger partial charge is 0.340 e. The first kappa shape index (κ1) is 17.0. The molecule has 2 heterocycles. The lowest BCUT2D eigenvalue weighted by molar-refractivity contribution is -0.133. The number of benzene rings is 1. The van der Waals surface area contributed by atoms with Crippen molar-refractivity contribution in [1.82, 2.24) is 15.1 Å². The summed E-state index contributed by atoms with van der Waals surface area (Å²) in [6.07, 6.45) is 7.29. The van der Waals surface area contributed by atoms with E-state index in [0.29, 0.717) is 11.8 Å². The summed E-state index contributed by atoms with van der Waals surface area (Å²) in [7, 11) is 0. The molecule has 136 valence electrons. The highest BCUT2D eigenvalue weighted by molar-refractivity contribution is 5.82. The normalized spacial score (nSPS) is 28.6. The standard InChI is InChI=1S/C21H31N3O/c25-21(24-11-5-10-23(12-13-24)19-8-4-9-19)20-15-18(16-22-20)14-17-6-2-1-3-7-17/h1-3,6-7,18-20,22H,4-5,8-16H2/t18-,20+/m1/s1. The van der Waals surface area contributed by atoms with E-state index in [-0.39, 0.29) is 6.04 Å². The molecule has 2 atom stereocenters. The van der Waals surface area contributed by atoms with Gasteiger partial charge in [-0.2, -0.15) is 0 Å². The molecule has 25 heavy (non-hydrogen) atoms. The van der Waals surface area contributed by atoms with E-state index in [0.717, 1.165) is 51.5 Å². The Morgan fingerprint density at radius 2 is 1.88 bits per heavy atom. The van der Waals surface area contributed by atoms with Gasteiger partial charge in [-0.3, -0.25) is 9.69 Å². The monoisotopic (exact) mass is 341 g/mol. The number of hydrogen-bond acceptors (Lipinski definition) is 3. The molecule has 0 aromatic heterocycles. The lowest BCUT2D eigenvalue weighted by Gasteiger charge is -2.36. The summed E-state index contributed by atoms with van der Waals surface area (Å²) >= 11 is 0. The van der Waals surface area contributed by atoms with E-state index in [2.05, 4.69) is 45.4 Å². The average molecular weight is 341 g/mol. The maximum atomic E-state index is 13.0.